The van der Waals surface area contributed by atoms with Gasteiger partial charge in [0.2, 0.25) is 0 Å². The van der Waals surface area contributed by atoms with Crippen molar-refractivity contribution in [2.75, 3.05) is 20.1 Å². The van der Waals surface area contributed by atoms with Crippen LogP contribution in [0.2, 0.25) is 0 Å². The van der Waals surface area contributed by atoms with Crippen LogP contribution in [0.15, 0.2) is 18.2 Å². The molecule has 0 bridgehead atoms. The summed E-state index contributed by atoms with van der Waals surface area (Å²) in [7, 11) is 2.18. The molecule has 0 saturated heterocycles. The molecule has 0 atom stereocenters. The van der Waals surface area contributed by atoms with Crippen molar-refractivity contribution in [3.63, 3.8) is 0 Å². The largest absolute Gasteiger partial charge is 0.311 e. The van der Waals surface area contributed by atoms with Crippen molar-refractivity contribution in [1.29, 1.82) is 0 Å². The normalized spacial score (nSPS) is 14.5. The molecular formula is C16H26N2. The number of nitrogens with one attached hydrogen (secondary N) is 1. The summed E-state index contributed by atoms with van der Waals surface area (Å²) >= 11 is 0. The van der Waals surface area contributed by atoms with Crippen molar-refractivity contribution in [1.82, 2.24) is 10.2 Å². The van der Waals surface area contributed by atoms with Crippen molar-refractivity contribution >= 4 is 0 Å². The molecule has 0 unspecified atom stereocenters. The van der Waals surface area contributed by atoms with Crippen LogP contribution in [-0.4, -0.2) is 31.1 Å². The predicted molar refractivity (Wildman–Crippen MR) is 77.9 cm³/mol. The molecule has 1 aliphatic carbocycles. The second-order valence-corrected chi connectivity index (χ2v) is 5.71. The SMILES string of the molecule is CC(C)N(C)CCNCc1ccc2c(c1)CCC2. The molecule has 0 fully saturated rings. The maximum absolute atomic E-state index is 3.54. The van der Waals surface area contributed by atoms with Gasteiger partial charge in [0.15, 0.2) is 0 Å². The number of aryl methyl sites for hydroxylation is 2. The molecule has 0 heterocycles. The fourth-order valence-corrected chi connectivity index (χ4v) is 2.48. The number of benzene rings is 1. The highest BCUT2D eigenvalue weighted by molar-refractivity contribution is 5.35. The zero-order valence-electron chi connectivity index (χ0n) is 12.0. The van der Waals surface area contributed by atoms with Crippen LogP contribution in [-0.2, 0) is 19.4 Å². The van der Waals surface area contributed by atoms with E-state index in [1.165, 1.54) is 24.8 Å². The Labute approximate surface area is 111 Å². The molecule has 2 rings (SSSR count). The van der Waals surface area contributed by atoms with E-state index in [1.54, 1.807) is 11.1 Å². The zero-order valence-corrected chi connectivity index (χ0v) is 12.0. The Morgan fingerprint density at radius 3 is 2.78 bits per heavy atom. The summed E-state index contributed by atoms with van der Waals surface area (Å²) in [5.41, 5.74) is 4.58. The summed E-state index contributed by atoms with van der Waals surface area (Å²) in [4.78, 5) is 2.37. The van der Waals surface area contributed by atoms with E-state index in [1.807, 2.05) is 0 Å². The van der Waals surface area contributed by atoms with E-state index in [2.05, 4.69) is 49.3 Å². The van der Waals surface area contributed by atoms with E-state index in [-0.39, 0.29) is 0 Å². The standard InChI is InChI=1S/C16H26N2/c1-13(2)18(3)10-9-17-12-14-7-8-15-5-4-6-16(15)11-14/h7-8,11,13,17H,4-6,9-10,12H2,1-3H3. The van der Waals surface area contributed by atoms with Gasteiger partial charge < -0.3 is 10.2 Å². The van der Waals surface area contributed by atoms with E-state index in [4.69, 9.17) is 0 Å². The number of fused-ring (bicyclic) bond motifs is 1. The molecule has 0 saturated carbocycles. The first-order valence-electron chi connectivity index (χ1n) is 7.18. The molecule has 0 aliphatic heterocycles. The first-order chi connectivity index (χ1) is 8.66. The lowest BCUT2D eigenvalue weighted by atomic mass is 10.1. The van der Waals surface area contributed by atoms with Crippen molar-refractivity contribution in [2.24, 2.45) is 0 Å². The molecule has 0 spiro atoms. The second kappa shape index (κ2) is 6.35. The Balaban J connectivity index is 1.74. The topological polar surface area (TPSA) is 15.3 Å². The third kappa shape index (κ3) is 3.56. The van der Waals surface area contributed by atoms with Crippen molar-refractivity contribution in [3.8, 4) is 0 Å². The Kier molecular flexibility index (Phi) is 4.79. The van der Waals surface area contributed by atoms with Crippen LogP contribution in [0, 0.1) is 0 Å². The molecular weight excluding hydrogens is 220 g/mol. The Morgan fingerprint density at radius 2 is 2.00 bits per heavy atom. The van der Waals surface area contributed by atoms with Gasteiger partial charge in [0.05, 0.1) is 0 Å². The maximum atomic E-state index is 3.54. The number of likely N-dealkylation sites (N-methyl/N-ethyl adjacent to an activating group) is 1. The Bertz CT molecular complexity index is 385. The third-order valence-corrected chi connectivity index (χ3v) is 4.01. The number of hydrogen-bond acceptors (Lipinski definition) is 2. The minimum Gasteiger partial charge on any atom is -0.311 e. The zero-order chi connectivity index (χ0) is 13.0. The molecule has 100 valence electrons. The van der Waals surface area contributed by atoms with Gasteiger partial charge in [0.25, 0.3) is 0 Å². The Morgan fingerprint density at radius 1 is 1.22 bits per heavy atom. The highest BCUT2D eigenvalue weighted by atomic mass is 15.1. The second-order valence-electron chi connectivity index (χ2n) is 5.71. The van der Waals surface area contributed by atoms with Crippen LogP contribution < -0.4 is 5.32 Å². The minimum absolute atomic E-state index is 0.631. The highest BCUT2D eigenvalue weighted by Crippen LogP contribution is 2.22. The summed E-state index contributed by atoms with van der Waals surface area (Å²) < 4.78 is 0. The van der Waals surface area contributed by atoms with Crippen molar-refractivity contribution in [2.45, 2.75) is 45.7 Å². The lowest BCUT2D eigenvalue weighted by molar-refractivity contribution is 0.273. The maximum Gasteiger partial charge on any atom is 0.0206 e. The Hall–Kier alpha value is -0.860. The fourth-order valence-electron chi connectivity index (χ4n) is 2.48. The van der Waals surface area contributed by atoms with Crippen LogP contribution >= 0.6 is 0 Å². The van der Waals surface area contributed by atoms with Gasteiger partial charge in [-0.2, -0.15) is 0 Å². The molecule has 0 amide bonds. The van der Waals surface area contributed by atoms with Crippen molar-refractivity contribution < 1.29 is 0 Å². The summed E-state index contributed by atoms with van der Waals surface area (Å²) in [5, 5.41) is 3.54. The average Bonchev–Trinajstić information content (AvgIpc) is 2.81. The lowest BCUT2D eigenvalue weighted by Crippen LogP contribution is -2.33. The van der Waals surface area contributed by atoms with Gasteiger partial charge >= 0.3 is 0 Å². The number of rotatable bonds is 6. The van der Waals surface area contributed by atoms with Crippen LogP contribution in [0.3, 0.4) is 0 Å². The van der Waals surface area contributed by atoms with Gasteiger partial charge in [0.1, 0.15) is 0 Å². The van der Waals surface area contributed by atoms with Crippen LogP contribution in [0.1, 0.15) is 37.0 Å². The molecule has 18 heavy (non-hydrogen) atoms. The van der Waals surface area contributed by atoms with Gasteiger partial charge in [-0.05, 0) is 56.8 Å². The van der Waals surface area contributed by atoms with Gasteiger partial charge in [-0.1, -0.05) is 18.2 Å². The molecule has 0 radical (unpaired) electrons. The van der Waals surface area contributed by atoms with Gasteiger partial charge in [-0.25, -0.2) is 0 Å². The van der Waals surface area contributed by atoms with Crippen LogP contribution in [0.4, 0.5) is 0 Å². The molecule has 1 aromatic rings. The minimum atomic E-state index is 0.631. The van der Waals surface area contributed by atoms with Crippen LogP contribution in [0.25, 0.3) is 0 Å². The van der Waals surface area contributed by atoms with E-state index >= 15 is 0 Å². The van der Waals surface area contributed by atoms with Crippen LogP contribution in [0.5, 0.6) is 0 Å². The monoisotopic (exact) mass is 246 g/mol. The first kappa shape index (κ1) is 13.6. The average molecular weight is 246 g/mol. The summed E-state index contributed by atoms with van der Waals surface area (Å²) in [6.07, 6.45) is 3.90. The van der Waals surface area contributed by atoms with E-state index in [9.17, 15) is 0 Å². The van der Waals surface area contributed by atoms with E-state index in [0.717, 1.165) is 19.6 Å². The summed E-state index contributed by atoms with van der Waals surface area (Å²) in [6.45, 7) is 7.65. The number of nitrogens with zero attached hydrogens (tertiary/aromatic N) is 1. The van der Waals surface area contributed by atoms with Crippen molar-refractivity contribution in [3.05, 3.63) is 34.9 Å². The molecule has 1 N–H and O–H groups in total. The van der Waals surface area contributed by atoms with E-state index in [0.29, 0.717) is 6.04 Å². The smallest absolute Gasteiger partial charge is 0.0206 e. The first-order valence-corrected chi connectivity index (χ1v) is 7.18. The molecule has 2 nitrogen and oxygen atoms in total. The molecule has 1 aliphatic rings. The summed E-state index contributed by atoms with van der Waals surface area (Å²) in [5.74, 6) is 0. The fraction of sp³-hybridized carbons (Fsp3) is 0.625. The number of hydrogen-bond donors (Lipinski definition) is 1. The van der Waals surface area contributed by atoms with Gasteiger partial charge in [-0.3, -0.25) is 0 Å². The van der Waals surface area contributed by atoms with Gasteiger partial charge in [-0.15, -0.1) is 0 Å². The quantitative estimate of drug-likeness (QED) is 0.776. The molecule has 1 aromatic carbocycles. The highest BCUT2D eigenvalue weighted by Gasteiger charge is 2.10. The predicted octanol–water partition coefficient (Wildman–Crippen LogP) is 2.61. The lowest BCUT2D eigenvalue weighted by Gasteiger charge is -2.21. The van der Waals surface area contributed by atoms with E-state index < -0.39 is 0 Å². The van der Waals surface area contributed by atoms with Gasteiger partial charge in [0, 0.05) is 25.7 Å². The molecule has 2 heteroatoms. The summed E-state index contributed by atoms with van der Waals surface area (Å²) in [6, 6.07) is 7.62. The third-order valence-electron chi connectivity index (χ3n) is 4.01. The molecule has 0 aromatic heterocycles.